The van der Waals surface area contributed by atoms with Crippen LogP contribution in [0.4, 0.5) is 4.79 Å². The van der Waals surface area contributed by atoms with Crippen LogP contribution in [0.15, 0.2) is 16.6 Å². The minimum atomic E-state index is -1.27. The van der Waals surface area contributed by atoms with Crippen molar-refractivity contribution in [1.82, 2.24) is 9.80 Å². The molecule has 2 heterocycles. The fourth-order valence-corrected chi connectivity index (χ4v) is 4.24. The van der Waals surface area contributed by atoms with Crippen LogP contribution in [-0.4, -0.2) is 64.3 Å². The van der Waals surface area contributed by atoms with Crippen LogP contribution in [0.5, 0.6) is 0 Å². The number of amidine groups is 1. The van der Waals surface area contributed by atoms with Crippen molar-refractivity contribution in [2.75, 3.05) is 13.6 Å². The summed E-state index contributed by atoms with van der Waals surface area (Å²) in [4.78, 5) is 43.7. The van der Waals surface area contributed by atoms with Gasteiger partial charge in [0.15, 0.2) is 6.04 Å². The summed E-state index contributed by atoms with van der Waals surface area (Å²) >= 11 is 0. The first-order valence-corrected chi connectivity index (χ1v) is 10.2. The first kappa shape index (κ1) is 20.9. The van der Waals surface area contributed by atoms with Crippen LogP contribution in [0, 0.1) is 23.7 Å². The number of nitrogens with zero attached hydrogens (tertiary/aromatic N) is 3. The summed E-state index contributed by atoms with van der Waals surface area (Å²) in [5.74, 6) is 3.50. The molecule has 1 aliphatic carbocycles. The lowest BCUT2D eigenvalue weighted by atomic mass is 9.84. The number of dihydropyridines is 1. The molecule has 0 radical (unpaired) electrons. The number of β-lactam (4-membered cyclic amide) rings is 1. The van der Waals surface area contributed by atoms with Crippen molar-refractivity contribution in [2.24, 2.45) is 22.6 Å². The van der Waals surface area contributed by atoms with Gasteiger partial charge in [-0.1, -0.05) is 31.1 Å². The molecule has 1 saturated heterocycles. The summed E-state index contributed by atoms with van der Waals surface area (Å²) in [7, 11) is 1.64. The molecule has 1 saturated carbocycles. The van der Waals surface area contributed by atoms with Crippen molar-refractivity contribution >= 4 is 23.7 Å². The number of aliphatic imine (C=N–C) groups is 1. The molecule has 29 heavy (non-hydrogen) atoms. The number of rotatable bonds is 3. The van der Waals surface area contributed by atoms with Gasteiger partial charge in [0.25, 0.3) is 0 Å². The lowest BCUT2D eigenvalue weighted by Crippen LogP contribution is -2.68. The van der Waals surface area contributed by atoms with E-state index in [9.17, 15) is 19.5 Å². The summed E-state index contributed by atoms with van der Waals surface area (Å²) in [6.07, 6.45) is 7.80. The zero-order valence-electron chi connectivity index (χ0n) is 16.9. The second-order valence-corrected chi connectivity index (χ2v) is 8.00. The maximum absolute atomic E-state index is 12.9. The molecule has 156 valence electrons. The molecule has 8 nitrogen and oxygen atoms in total. The molecule has 2 aliphatic heterocycles. The number of carboxylic acid groups (broad SMARTS) is 1. The monoisotopic (exact) mass is 400 g/mol. The second kappa shape index (κ2) is 8.68. The Hall–Kier alpha value is -2.82. The van der Waals surface area contributed by atoms with Gasteiger partial charge in [0.1, 0.15) is 11.8 Å². The third kappa shape index (κ3) is 4.29. The van der Waals surface area contributed by atoms with Gasteiger partial charge in [-0.05, 0) is 31.8 Å². The number of hydrogen-bond donors (Lipinski definition) is 2. The topological polar surface area (TPSA) is 116 Å². The number of hydrogen-bond acceptors (Lipinski definition) is 5. The molecule has 2 fully saturated rings. The third-order valence-electron chi connectivity index (χ3n) is 6.19. The molecular formula is C21H28N4O4. The van der Waals surface area contributed by atoms with Gasteiger partial charge in [-0.15, -0.1) is 0 Å². The molecule has 0 aromatic heterocycles. The van der Waals surface area contributed by atoms with E-state index in [4.69, 9.17) is 5.73 Å². The summed E-state index contributed by atoms with van der Waals surface area (Å²) in [5, 5.41) is 9.60. The number of imide groups is 1. The molecule has 3 rings (SSSR count). The van der Waals surface area contributed by atoms with Gasteiger partial charge in [0, 0.05) is 31.6 Å². The lowest BCUT2D eigenvalue weighted by Gasteiger charge is -2.44. The largest absolute Gasteiger partial charge is 0.480 e. The zero-order valence-corrected chi connectivity index (χ0v) is 16.9. The average molecular weight is 400 g/mol. The molecule has 3 N–H and O–H groups in total. The number of amides is 3. The van der Waals surface area contributed by atoms with Crippen LogP contribution >= 0.6 is 0 Å². The molecule has 1 unspecified atom stereocenters. The molecule has 3 atom stereocenters. The predicted octanol–water partition coefficient (Wildman–Crippen LogP) is 1.61. The van der Waals surface area contributed by atoms with Crippen molar-refractivity contribution in [2.45, 2.75) is 57.5 Å². The number of urea groups is 1. The van der Waals surface area contributed by atoms with E-state index >= 15 is 0 Å². The van der Waals surface area contributed by atoms with Gasteiger partial charge in [-0.3, -0.25) is 9.79 Å². The normalized spacial score (nSPS) is 25.7. The van der Waals surface area contributed by atoms with Crippen molar-refractivity contribution in [3.05, 3.63) is 11.6 Å². The minimum Gasteiger partial charge on any atom is -0.480 e. The number of carbonyl (C=O) groups excluding carboxylic acids is 2. The van der Waals surface area contributed by atoms with Crippen molar-refractivity contribution in [3.63, 3.8) is 0 Å². The zero-order chi connectivity index (χ0) is 21.1. The van der Waals surface area contributed by atoms with Gasteiger partial charge in [-0.2, -0.15) is 0 Å². The van der Waals surface area contributed by atoms with E-state index in [2.05, 4.69) is 16.8 Å². The summed E-state index contributed by atoms with van der Waals surface area (Å²) in [6, 6.07) is -1.88. The Bertz CT molecular complexity index is 816. The highest BCUT2D eigenvalue weighted by Crippen LogP contribution is 2.32. The van der Waals surface area contributed by atoms with Gasteiger partial charge >= 0.3 is 12.0 Å². The van der Waals surface area contributed by atoms with Gasteiger partial charge in [0.05, 0.1) is 0 Å². The van der Waals surface area contributed by atoms with E-state index in [1.165, 1.54) is 11.3 Å². The van der Waals surface area contributed by atoms with E-state index in [0.29, 0.717) is 30.3 Å². The minimum absolute atomic E-state index is 0.0511. The molecule has 3 amide bonds. The summed E-state index contributed by atoms with van der Waals surface area (Å²) < 4.78 is 0. The Labute approximate surface area is 170 Å². The van der Waals surface area contributed by atoms with Crippen LogP contribution in [0.2, 0.25) is 0 Å². The van der Waals surface area contributed by atoms with E-state index < -0.39 is 29.9 Å². The van der Waals surface area contributed by atoms with Crippen LogP contribution < -0.4 is 5.73 Å². The van der Waals surface area contributed by atoms with E-state index in [-0.39, 0.29) is 6.04 Å². The van der Waals surface area contributed by atoms with E-state index in [0.717, 1.165) is 30.6 Å². The lowest BCUT2D eigenvalue weighted by molar-refractivity contribution is -0.163. The first-order valence-electron chi connectivity index (χ1n) is 10.2. The summed E-state index contributed by atoms with van der Waals surface area (Å²) in [5.41, 5.74) is 6.36. The van der Waals surface area contributed by atoms with Crippen LogP contribution in [-0.2, 0) is 9.59 Å². The number of aliphatic carboxylic acids is 1. The molecule has 0 aromatic rings. The maximum Gasteiger partial charge on any atom is 0.328 e. The van der Waals surface area contributed by atoms with Crippen LogP contribution in [0.3, 0.4) is 0 Å². The quantitative estimate of drug-likeness (QED) is 0.551. The Morgan fingerprint density at radius 2 is 2.03 bits per heavy atom. The highest BCUT2D eigenvalue weighted by molar-refractivity contribution is 6.09. The van der Waals surface area contributed by atoms with Crippen LogP contribution in [0.1, 0.15) is 45.4 Å². The average Bonchev–Trinajstić information content (AvgIpc) is 2.71. The standard InChI is InChI=1S/C21H28N4O4/c1-13(15-6-4-3-5-7-15)24(2)21(29)25-18(20(27)28)16(19(25)26)9-8-14-10-11-23-17(22)12-14/h12-13,15-16,18H,3-7,10-11H2,1-2H3,(H2,22,23)(H,27,28)/t13?,16-,18+/m1/s1. The van der Waals surface area contributed by atoms with Gasteiger partial charge < -0.3 is 15.7 Å². The number of carbonyl (C=O) groups is 3. The molecule has 8 heteroatoms. The smallest absolute Gasteiger partial charge is 0.328 e. The van der Waals surface area contributed by atoms with Crippen LogP contribution in [0.25, 0.3) is 0 Å². The SMILES string of the molecule is CC(C1CCCCC1)N(C)C(=O)N1C(=O)[C@H](C#CC2=CC(N)=NCC2)[C@H]1C(=O)O. The second-order valence-electron chi connectivity index (χ2n) is 8.00. The fourth-order valence-electron chi connectivity index (χ4n) is 4.24. The molecule has 0 bridgehead atoms. The van der Waals surface area contributed by atoms with Gasteiger partial charge in [0.2, 0.25) is 5.91 Å². The molecule has 0 spiro atoms. The Kier molecular flexibility index (Phi) is 6.26. The molecule has 0 aromatic carbocycles. The first-order chi connectivity index (χ1) is 13.8. The highest BCUT2D eigenvalue weighted by atomic mass is 16.4. The van der Waals surface area contributed by atoms with Crippen molar-refractivity contribution in [3.8, 4) is 11.8 Å². The van der Waals surface area contributed by atoms with Gasteiger partial charge in [-0.25, -0.2) is 14.5 Å². The van der Waals surface area contributed by atoms with E-state index in [1.54, 1.807) is 13.1 Å². The summed E-state index contributed by atoms with van der Waals surface area (Å²) in [6.45, 7) is 2.48. The number of carboxylic acids is 1. The predicted molar refractivity (Wildman–Crippen MR) is 108 cm³/mol. The number of nitrogens with two attached hydrogens (primary N) is 1. The highest BCUT2D eigenvalue weighted by Gasteiger charge is 2.55. The van der Waals surface area contributed by atoms with Crippen molar-refractivity contribution in [1.29, 1.82) is 0 Å². The maximum atomic E-state index is 12.9. The molecule has 3 aliphatic rings. The number of likely N-dealkylation sites (tertiary alicyclic amines) is 1. The molecular weight excluding hydrogens is 372 g/mol. The Morgan fingerprint density at radius 1 is 1.34 bits per heavy atom. The van der Waals surface area contributed by atoms with E-state index in [1.807, 2.05) is 6.92 Å². The Balaban J connectivity index is 1.71. The Morgan fingerprint density at radius 3 is 2.66 bits per heavy atom. The third-order valence-corrected chi connectivity index (χ3v) is 6.19. The fraction of sp³-hybridized carbons (Fsp3) is 0.619. The van der Waals surface area contributed by atoms with Crippen molar-refractivity contribution < 1.29 is 19.5 Å².